The molecule has 1 heterocycles. The molecule has 0 saturated heterocycles. The van der Waals surface area contributed by atoms with E-state index < -0.39 is 0 Å². The molecule has 0 saturated carbocycles. The third-order valence-electron chi connectivity index (χ3n) is 2.63. The van der Waals surface area contributed by atoms with Crippen LogP contribution in [0.15, 0.2) is 30.5 Å². The average molecular weight is 295 g/mol. The Morgan fingerprint density at radius 3 is 2.63 bits per heavy atom. The van der Waals surface area contributed by atoms with E-state index in [1.54, 1.807) is 4.68 Å². The van der Waals surface area contributed by atoms with Crippen LogP contribution in [0.4, 0.5) is 5.69 Å². The molecule has 0 aliphatic carbocycles. The van der Waals surface area contributed by atoms with Crippen LogP contribution in [0.25, 0.3) is 0 Å². The molecule has 0 radical (unpaired) electrons. The van der Waals surface area contributed by atoms with Crippen LogP contribution in [0, 0.1) is 6.92 Å². The van der Waals surface area contributed by atoms with Gasteiger partial charge in [-0.15, -0.1) is 0 Å². The van der Waals surface area contributed by atoms with E-state index in [0.29, 0.717) is 11.7 Å². The average Bonchev–Trinajstić information content (AvgIpc) is 2.67. The number of nitrogens with one attached hydrogen (secondary N) is 2. The molecule has 0 atom stereocenters. The third-order valence-corrected chi connectivity index (χ3v) is 3.13. The van der Waals surface area contributed by atoms with Gasteiger partial charge >= 0.3 is 0 Å². The molecule has 0 bridgehead atoms. The zero-order chi connectivity index (χ0) is 13.8. The Morgan fingerprint density at radius 2 is 2.05 bits per heavy atom. The van der Waals surface area contributed by atoms with Gasteiger partial charge in [-0.1, -0.05) is 23.7 Å². The smallest absolute Gasteiger partial charge is 0.171 e. The largest absolute Gasteiger partial charge is 0.358 e. The van der Waals surface area contributed by atoms with Gasteiger partial charge in [-0.3, -0.25) is 4.68 Å². The summed E-state index contributed by atoms with van der Waals surface area (Å²) in [5.74, 6) is 0. The number of anilines is 1. The van der Waals surface area contributed by atoms with Crippen LogP contribution in [0.5, 0.6) is 0 Å². The fourth-order valence-corrected chi connectivity index (χ4v) is 1.98. The van der Waals surface area contributed by atoms with E-state index in [1.165, 1.54) is 0 Å². The van der Waals surface area contributed by atoms with Crippen molar-refractivity contribution in [1.29, 1.82) is 0 Å². The lowest BCUT2D eigenvalue weighted by Crippen LogP contribution is -2.27. The molecule has 19 heavy (non-hydrogen) atoms. The maximum Gasteiger partial charge on any atom is 0.171 e. The van der Waals surface area contributed by atoms with Gasteiger partial charge in [0.05, 0.1) is 11.4 Å². The summed E-state index contributed by atoms with van der Waals surface area (Å²) in [7, 11) is 1.88. The summed E-state index contributed by atoms with van der Waals surface area (Å²) in [6.07, 6.45) is 1.89. The number of hydrogen-bond donors (Lipinski definition) is 2. The number of benzene rings is 1. The van der Waals surface area contributed by atoms with Gasteiger partial charge in [-0.05, 0) is 36.8 Å². The van der Waals surface area contributed by atoms with Crippen LogP contribution < -0.4 is 10.6 Å². The van der Waals surface area contributed by atoms with Crippen LogP contribution in [-0.2, 0) is 13.6 Å². The molecule has 0 fully saturated rings. The molecular weight excluding hydrogens is 280 g/mol. The van der Waals surface area contributed by atoms with Crippen LogP contribution in [0.2, 0.25) is 5.02 Å². The zero-order valence-corrected chi connectivity index (χ0v) is 12.3. The van der Waals surface area contributed by atoms with Gasteiger partial charge in [0.15, 0.2) is 5.11 Å². The molecule has 6 heteroatoms. The van der Waals surface area contributed by atoms with Gasteiger partial charge in [0.25, 0.3) is 0 Å². The molecule has 1 aromatic heterocycles. The summed E-state index contributed by atoms with van der Waals surface area (Å²) in [5, 5.41) is 11.8. The van der Waals surface area contributed by atoms with Crippen molar-refractivity contribution in [2.24, 2.45) is 7.05 Å². The van der Waals surface area contributed by atoms with Crippen molar-refractivity contribution >= 4 is 34.6 Å². The lowest BCUT2D eigenvalue weighted by atomic mass is 10.2. The van der Waals surface area contributed by atoms with E-state index >= 15 is 0 Å². The van der Waals surface area contributed by atoms with Crippen molar-refractivity contribution in [2.75, 3.05) is 5.32 Å². The normalized spacial score (nSPS) is 10.3. The minimum absolute atomic E-state index is 0.575. The van der Waals surface area contributed by atoms with E-state index in [0.717, 1.165) is 22.0 Å². The second kappa shape index (κ2) is 6.04. The van der Waals surface area contributed by atoms with E-state index in [-0.39, 0.29) is 0 Å². The lowest BCUT2D eigenvalue weighted by molar-refractivity contribution is 0.756. The predicted molar refractivity (Wildman–Crippen MR) is 82.5 cm³/mol. The monoisotopic (exact) mass is 294 g/mol. The maximum atomic E-state index is 5.83. The third kappa shape index (κ3) is 3.94. The van der Waals surface area contributed by atoms with Crippen LogP contribution in [0.1, 0.15) is 11.3 Å². The first kappa shape index (κ1) is 13.8. The van der Waals surface area contributed by atoms with Crippen molar-refractivity contribution in [3.8, 4) is 0 Å². The first-order valence-electron chi connectivity index (χ1n) is 5.84. The first-order chi connectivity index (χ1) is 9.04. The molecule has 2 N–H and O–H groups in total. The van der Waals surface area contributed by atoms with Gasteiger partial charge in [-0.2, -0.15) is 5.10 Å². The predicted octanol–water partition coefficient (Wildman–Crippen LogP) is 2.87. The quantitative estimate of drug-likeness (QED) is 0.854. The molecular formula is C13H15ClN4S. The Balaban J connectivity index is 1.88. The molecule has 2 aromatic rings. The number of rotatable bonds is 3. The van der Waals surface area contributed by atoms with Crippen LogP contribution in [0.3, 0.4) is 0 Å². The number of nitrogens with zero attached hydrogens (tertiary/aromatic N) is 2. The SMILES string of the molecule is Cc1nn(C)cc1NC(=S)NCc1ccc(Cl)cc1. The van der Waals surface area contributed by atoms with Crippen LogP contribution >= 0.6 is 23.8 Å². The molecule has 0 unspecified atom stereocenters. The summed E-state index contributed by atoms with van der Waals surface area (Å²) in [6, 6.07) is 7.65. The fourth-order valence-electron chi connectivity index (χ4n) is 1.67. The van der Waals surface area contributed by atoms with E-state index in [9.17, 15) is 0 Å². The number of aryl methyl sites for hydroxylation is 2. The second-order valence-electron chi connectivity index (χ2n) is 4.24. The van der Waals surface area contributed by atoms with Gasteiger partial charge in [-0.25, -0.2) is 0 Å². The number of aromatic nitrogens is 2. The highest BCUT2D eigenvalue weighted by Gasteiger charge is 2.04. The molecule has 0 spiro atoms. The standard InChI is InChI=1S/C13H15ClN4S/c1-9-12(8-18(2)17-9)16-13(19)15-7-10-3-5-11(14)6-4-10/h3-6,8H,7H2,1-2H3,(H2,15,16,19). The number of hydrogen-bond acceptors (Lipinski definition) is 2. The fraction of sp³-hybridized carbons (Fsp3) is 0.231. The van der Waals surface area contributed by atoms with Crippen molar-refractivity contribution in [2.45, 2.75) is 13.5 Å². The van der Waals surface area contributed by atoms with E-state index in [2.05, 4.69) is 15.7 Å². The first-order valence-corrected chi connectivity index (χ1v) is 6.63. The highest BCUT2D eigenvalue weighted by molar-refractivity contribution is 7.80. The lowest BCUT2D eigenvalue weighted by Gasteiger charge is -2.09. The Labute approximate surface area is 122 Å². The van der Waals surface area contributed by atoms with E-state index in [4.69, 9.17) is 23.8 Å². The second-order valence-corrected chi connectivity index (χ2v) is 5.08. The van der Waals surface area contributed by atoms with Gasteiger partial charge < -0.3 is 10.6 Å². The Morgan fingerprint density at radius 1 is 1.37 bits per heavy atom. The molecule has 0 amide bonds. The summed E-state index contributed by atoms with van der Waals surface area (Å²) in [5.41, 5.74) is 2.95. The van der Waals surface area contributed by atoms with Crippen molar-refractivity contribution in [3.63, 3.8) is 0 Å². The summed E-state index contributed by atoms with van der Waals surface area (Å²) in [6.45, 7) is 2.59. The van der Waals surface area contributed by atoms with Gasteiger partial charge in [0, 0.05) is 24.8 Å². The topological polar surface area (TPSA) is 41.9 Å². The highest BCUT2D eigenvalue weighted by Crippen LogP contribution is 2.11. The van der Waals surface area contributed by atoms with Crippen molar-refractivity contribution in [1.82, 2.24) is 15.1 Å². The Hall–Kier alpha value is -1.59. The molecule has 4 nitrogen and oxygen atoms in total. The molecule has 100 valence electrons. The Kier molecular flexibility index (Phi) is 4.39. The zero-order valence-electron chi connectivity index (χ0n) is 10.8. The van der Waals surface area contributed by atoms with Crippen LogP contribution in [-0.4, -0.2) is 14.9 Å². The molecule has 0 aliphatic rings. The minimum atomic E-state index is 0.575. The minimum Gasteiger partial charge on any atom is -0.358 e. The Bertz CT molecular complexity index is 577. The maximum absolute atomic E-state index is 5.83. The molecule has 2 rings (SSSR count). The molecule has 1 aromatic carbocycles. The summed E-state index contributed by atoms with van der Waals surface area (Å²) >= 11 is 11.1. The number of thiocarbonyl (C=S) groups is 1. The van der Waals surface area contributed by atoms with E-state index in [1.807, 2.05) is 44.4 Å². The highest BCUT2D eigenvalue weighted by atomic mass is 35.5. The summed E-state index contributed by atoms with van der Waals surface area (Å²) < 4.78 is 1.75. The van der Waals surface area contributed by atoms with Gasteiger partial charge in [0.2, 0.25) is 0 Å². The summed E-state index contributed by atoms with van der Waals surface area (Å²) in [4.78, 5) is 0. The van der Waals surface area contributed by atoms with Crippen molar-refractivity contribution in [3.05, 3.63) is 46.7 Å². The number of halogens is 1. The van der Waals surface area contributed by atoms with Gasteiger partial charge in [0.1, 0.15) is 0 Å². The van der Waals surface area contributed by atoms with Crippen molar-refractivity contribution < 1.29 is 0 Å². The molecule has 0 aliphatic heterocycles.